The maximum atomic E-state index is 12.9. The van der Waals surface area contributed by atoms with Gasteiger partial charge in [0.25, 0.3) is 0 Å². The lowest BCUT2D eigenvalue weighted by Gasteiger charge is -2.35. The van der Waals surface area contributed by atoms with Crippen LogP contribution >= 0.6 is 0 Å². The van der Waals surface area contributed by atoms with Gasteiger partial charge in [-0.15, -0.1) is 10.2 Å². The summed E-state index contributed by atoms with van der Waals surface area (Å²) < 4.78 is 7.57. The van der Waals surface area contributed by atoms with E-state index in [-0.39, 0.29) is 5.91 Å². The average molecular weight is 369 g/mol. The summed E-state index contributed by atoms with van der Waals surface area (Å²) in [6.07, 6.45) is 4.93. The van der Waals surface area contributed by atoms with E-state index in [0.717, 1.165) is 61.8 Å². The van der Waals surface area contributed by atoms with Crippen molar-refractivity contribution >= 4 is 11.6 Å². The molecule has 1 fully saturated rings. The molecule has 7 heteroatoms. The van der Waals surface area contributed by atoms with Crippen LogP contribution in [0.2, 0.25) is 0 Å². The standard InChI is InChI=1S/C20H27N5O2/c1-27-14-20(9-11-21-12-10-20)19(26)22-16-7-5-15(6-8-16)18-24-23-17-4-2-3-13-25(17)18/h5-8,21H,2-4,9-14H2,1H3,(H,22,26). The van der Waals surface area contributed by atoms with Crippen molar-refractivity contribution in [3.63, 3.8) is 0 Å². The van der Waals surface area contributed by atoms with Crippen LogP contribution in [0.5, 0.6) is 0 Å². The first-order valence-corrected chi connectivity index (χ1v) is 9.75. The number of fused-ring (bicyclic) bond motifs is 1. The predicted octanol–water partition coefficient (Wildman–Crippen LogP) is 2.24. The summed E-state index contributed by atoms with van der Waals surface area (Å²) in [7, 11) is 1.66. The van der Waals surface area contributed by atoms with Crippen molar-refractivity contribution in [3.05, 3.63) is 30.1 Å². The highest BCUT2D eigenvalue weighted by atomic mass is 16.5. The van der Waals surface area contributed by atoms with Gasteiger partial charge in [-0.2, -0.15) is 0 Å². The quantitative estimate of drug-likeness (QED) is 0.845. The normalized spacial score (nSPS) is 18.7. The second kappa shape index (κ2) is 7.78. The molecule has 27 heavy (non-hydrogen) atoms. The largest absolute Gasteiger partial charge is 0.384 e. The molecule has 1 aromatic heterocycles. The first kappa shape index (κ1) is 18.1. The fraction of sp³-hybridized carbons (Fsp3) is 0.550. The molecule has 7 nitrogen and oxygen atoms in total. The molecule has 3 heterocycles. The van der Waals surface area contributed by atoms with E-state index in [9.17, 15) is 4.79 Å². The van der Waals surface area contributed by atoms with Gasteiger partial charge in [0.2, 0.25) is 5.91 Å². The Morgan fingerprint density at radius 1 is 1.22 bits per heavy atom. The molecule has 0 saturated carbocycles. The Morgan fingerprint density at radius 2 is 2.00 bits per heavy atom. The van der Waals surface area contributed by atoms with E-state index < -0.39 is 5.41 Å². The van der Waals surface area contributed by atoms with E-state index in [1.165, 1.54) is 12.8 Å². The molecule has 0 aliphatic carbocycles. The molecule has 144 valence electrons. The third-order valence-corrected chi connectivity index (χ3v) is 5.72. The number of aryl methyl sites for hydroxylation is 1. The number of hydrogen-bond acceptors (Lipinski definition) is 5. The summed E-state index contributed by atoms with van der Waals surface area (Å²) in [6.45, 7) is 3.11. The van der Waals surface area contributed by atoms with Crippen molar-refractivity contribution in [2.75, 3.05) is 32.1 Å². The topological polar surface area (TPSA) is 81.1 Å². The molecular weight excluding hydrogens is 342 g/mol. The van der Waals surface area contributed by atoms with E-state index >= 15 is 0 Å². The molecular formula is C20H27N5O2. The van der Waals surface area contributed by atoms with Gasteiger partial charge in [0, 0.05) is 31.3 Å². The summed E-state index contributed by atoms with van der Waals surface area (Å²) in [5.74, 6) is 2.02. The second-order valence-corrected chi connectivity index (χ2v) is 7.54. The summed E-state index contributed by atoms with van der Waals surface area (Å²) in [6, 6.07) is 7.90. The van der Waals surface area contributed by atoms with Crippen molar-refractivity contribution in [3.8, 4) is 11.4 Å². The minimum absolute atomic E-state index is 0.0402. The van der Waals surface area contributed by atoms with Crippen molar-refractivity contribution in [2.24, 2.45) is 5.41 Å². The molecule has 0 spiro atoms. The highest BCUT2D eigenvalue weighted by molar-refractivity contribution is 5.95. The Labute approximate surface area is 159 Å². The minimum atomic E-state index is -0.454. The number of aromatic nitrogens is 3. The molecule has 2 N–H and O–H groups in total. The maximum Gasteiger partial charge on any atom is 0.233 e. The monoisotopic (exact) mass is 369 g/mol. The van der Waals surface area contributed by atoms with Gasteiger partial charge in [-0.3, -0.25) is 4.79 Å². The van der Waals surface area contributed by atoms with Gasteiger partial charge in [0.1, 0.15) is 5.82 Å². The number of piperidine rings is 1. The van der Waals surface area contributed by atoms with Crippen LogP contribution in [0, 0.1) is 5.41 Å². The summed E-state index contributed by atoms with van der Waals surface area (Å²) in [5, 5.41) is 15.1. The average Bonchev–Trinajstić information content (AvgIpc) is 3.14. The van der Waals surface area contributed by atoms with Gasteiger partial charge >= 0.3 is 0 Å². The van der Waals surface area contributed by atoms with Crippen LogP contribution in [-0.2, 0) is 22.5 Å². The summed E-state index contributed by atoms with van der Waals surface area (Å²) in [4.78, 5) is 12.9. The number of methoxy groups -OCH3 is 1. The first-order valence-electron chi connectivity index (χ1n) is 9.75. The Balaban J connectivity index is 1.49. The van der Waals surface area contributed by atoms with Gasteiger partial charge in [-0.25, -0.2) is 0 Å². The molecule has 0 atom stereocenters. The number of carbonyl (C=O) groups is 1. The lowest BCUT2D eigenvalue weighted by molar-refractivity contribution is -0.130. The molecule has 1 amide bonds. The number of ether oxygens (including phenoxy) is 1. The molecule has 2 aromatic rings. The van der Waals surface area contributed by atoms with E-state index in [1.807, 2.05) is 24.3 Å². The number of carbonyl (C=O) groups excluding carboxylic acids is 1. The maximum absolute atomic E-state index is 12.9. The van der Waals surface area contributed by atoms with Crippen LogP contribution in [0.15, 0.2) is 24.3 Å². The zero-order valence-corrected chi connectivity index (χ0v) is 15.8. The third-order valence-electron chi connectivity index (χ3n) is 5.72. The Bertz CT molecular complexity index is 788. The van der Waals surface area contributed by atoms with Gasteiger partial charge in [-0.1, -0.05) is 0 Å². The zero-order chi connectivity index (χ0) is 18.7. The third kappa shape index (κ3) is 3.61. The smallest absolute Gasteiger partial charge is 0.233 e. The van der Waals surface area contributed by atoms with Crippen molar-refractivity contribution < 1.29 is 9.53 Å². The van der Waals surface area contributed by atoms with Crippen LogP contribution in [0.4, 0.5) is 5.69 Å². The molecule has 1 aromatic carbocycles. The molecule has 4 rings (SSSR count). The summed E-state index contributed by atoms with van der Waals surface area (Å²) in [5.41, 5.74) is 1.38. The SMILES string of the molecule is COCC1(C(=O)Nc2ccc(-c3nnc4n3CCCC4)cc2)CCNCC1. The van der Waals surface area contributed by atoms with Crippen molar-refractivity contribution in [1.29, 1.82) is 0 Å². The Morgan fingerprint density at radius 3 is 2.74 bits per heavy atom. The van der Waals surface area contributed by atoms with E-state index in [2.05, 4.69) is 25.4 Å². The Hall–Kier alpha value is -2.25. The lowest BCUT2D eigenvalue weighted by Crippen LogP contribution is -2.47. The Kier molecular flexibility index (Phi) is 5.22. The molecule has 2 aliphatic heterocycles. The van der Waals surface area contributed by atoms with Crippen LogP contribution < -0.4 is 10.6 Å². The molecule has 0 bridgehead atoms. The fourth-order valence-electron chi connectivity index (χ4n) is 4.11. The number of benzene rings is 1. The van der Waals surface area contributed by atoms with Crippen LogP contribution in [0.25, 0.3) is 11.4 Å². The number of nitrogens with zero attached hydrogens (tertiary/aromatic N) is 3. The van der Waals surface area contributed by atoms with Crippen LogP contribution in [0.3, 0.4) is 0 Å². The number of anilines is 1. The fourth-order valence-corrected chi connectivity index (χ4v) is 4.11. The highest BCUT2D eigenvalue weighted by Gasteiger charge is 2.39. The highest BCUT2D eigenvalue weighted by Crippen LogP contribution is 2.31. The van der Waals surface area contributed by atoms with Crippen molar-refractivity contribution in [2.45, 2.75) is 38.6 Å². The number of amides is 1. The van der Waals surface area contributed by atoms with Gasteiger partial charge in [0.15, 0.2) is 5.82 Å². The first-order chi connectivity index (χ1) is 13.2. The lowest BCUT2D eigenvalue weighted by atomic mass is 9.78. The van der Waals surface area contributed by atoms with E-state index in [0.29, 0.717) is 6.61 Å². The number of nitrogens with one attached hydrogen (secondary N) is 2. The minimum Gasteiger partial charge on any atom is -0.384 e. The molecule has 2 aliphatic rings. The molecule has 0 radical (unpaired) electrons. The molecule has 1 saturated heterocycles. The van der Waals surface area contributed by atoms with Gasteiger partial charge in [0.05, 0.1) is 12.0 Å². The van der Waals surface area contributed by atoms with Crippen LogP contribution in [0.1, 0.15) is 31.5 Å². The number of hydrogen-bond donors (Lipinski definition) is 2. The summed E-state index contributed by atoms with van der Waals surface area (Å²) >= 11 is 0. The van der Waals surface area contributed by atoms with E-state index in [1.54, 1.807) is 7.11 Å². The van der Waals surface area contributed by atoms with Gasteiger partial charge in [-0.05, 0) is 63.0 Å². The molecule has 0 unspecified atom stereocenters. The predicted molar refractivity (Wildman–Crippen MR) is 103 cm³/mol. The zero-order valence-electron chi connectivity index (χ0n) is 15.8. The van der Waals surface area contributed by atoms with Gasteiger partial charge < -0.3 is 19.9 Å². The van der Waals surface area contributed by atoms with Crippen LogP contribution in [-0.4, -0.2) is 47.5 Å². The second-order valence-electron chi connectivity index (χ2n) is 7.54. The van der Waals surface area contributed by atoms with Crippen molar-refractivity contribution in [1.82, 2.24) is 20.1 Å². The van der Waals surface area contributed by atoms with E-state index in [4.69, 9.17) is 4.74 Å². The number of rotatable bonds is 5.